The van der Waals surface area contributed by atoms with Gasteiger partial charge in [-0.15, -0.1) is 0 Å². The zero-order valence-electron chi connectivity index (χ0n) is 19.5. The van der Waals surface area contributed by atoms with Crippen molar-refractivity contribution in [3.63, 3.8) is 0 Å². The zero-order chi connectivity index (χ0) is 24.2. The molecule has 1 unspecified atom stereocenters. The van der Waals surface area contributed by atoms with Crippen molar-refractivity contribution < 1.29 is 14.4 Å². The molecule has 2 aliphatic heterocycles. The quantitative estimate of drug-likeness (QED) is 0.658. The van der Waals surface area contributed by atoms with E-state index in [1.165, 1.54) is 17.8 Å². The average Bonchev–Trinajstić information content (AvgIpc) is 3.23. The minimum atomic E-state index is -0.520. The number of aryl methyl sites for hydroxylation is 1. The van der Waals surface area contributed by atoms with Crippen molar-refractivity contribution in [3.05, 3.63) is 58.2 Å². The second-order valence-corrected chi connectivity index (χ2v) is 9.35. The maximum Gasteiger partial charge on any atom is 0.251 e. The summed E-state index contributed by atoms with van der Waals surface area (Å²) in [6.45, 7) is 4.57. The molecule has 2 aromatic rings. The predicted molar refractivity (Wildman–Crippen MR) is 131 cm³/mol. The van der Waals surface area contributed by atoms with Crippen LogP contribution in [0.25, 0.3) is 0 Å². The molecule has 0 saturated carbocycles. The van der Waals surface area contributed by atoms with Gasteiger partial charge in [-0.2, -0.15) is 0 Å². The third-order valence-electron chi connectivity index (χ3n) is 6.64. The topological polar surface area (TPSA) is 94.6 Å². The van der Waals surface area contributed by atoms with E-state index < -0.39 is 6.04 Å². The highest BCUT2D eigenvalue weighted by Crippen LogP contribution is 2.29. The lowest BCUT2D eigenvalue weighted by Crippen LogP contribution is -2.51. The molecule has 4 rings (SSSR count). The van der Waals surface area contributed by atoms with Crippen LogP contribution in [0.1, 0.15) is 47.2 Å². The number of benzene rings is 1. The number of carbonyl (C=O) groups is 3. The number of halogens is 1. The summed E-state index contributed by atoms with van der Waals surface area (Å²) in [5.41, 5.74) is 2.71. The summed E-state index contributed by atoms with van der Waals surface area (Å²) in [7, 11) is 1.55. The van der Waals surface area contributed by atoms with Crippen molar-refractivity contribution in [3.8, 4) is 0 Å². The number of piperidine rings is 1. The maximum atomic E-state index is 13.1. The van der Waals surface area contributed by atoms with Gasteiger partial charge in [-0.1, -0.05) is 23.7 Å². The van der Waals surface area contributed by atoms with Gasteiger partial charge in [0.15, 0.2) is 0 Å². The van der Waals surface area contributed by atoms with Crippen LogP contribution in [-0.2, 0) is 16.1 Å². The summed E-state index contributed by atoms with van der Waals surface area (Å²) in [5.74, 6) is -0.181. The third kappa shape index (κ3) is 5.39. The van der Waals surface area contributed by atoms with Crippen molar-refractivity contribution in [1.29, 1.82) is 0 Å². The molecule has 3 amide bonds. The van der Waals surface area contributed by atoms with Crippen LogP contribution < -0.4 is 10.6 Å². The van der Waals surface area contributed by atoms with E-state index in [-0.39, 0.29) is 23.8 Å². The standard InChI is InChI=1S/C25H30ClN5O3/c1-16-13-17(3-4-20(16)26)15-30-11-8-19(9-12-30)31-21(5-6-23(31)32)25(34)29-22-14-18(7-10-28-22)24(33)27-2/h3-4,7,10,13-14,19,21H,5-6,8-9,11-12,15H2,1-2H3,(H,27,33)(H,28,29,34). The number of anilines is 1. The number of carbonyl (C=O) groups excluding carboxylic acids is 3. The van der Waals surface area contributed by atoms with Crippen molar-refractivity contribution in [2.75, 3.05) is 25.5 Å². The number of aromatic nitrogens is 1. The fourth-order valence-corrected chi connectivity index (χ4v) is 4.95. The smallest absolute Gasteiger partial charge is 0.251 e. The first-order chi connectivity index (χ1) is 16.4. The van der Waals surface area contributed by atoms with Crippen LogP contribution in [-0.4, -0.2) is 64.7 Å². The summed E-state index contributed by atoms with van der Waals surface area (Å²) in [5, 5.41) is 6.13. The van der Waals surface area contributed by atoms with Gasteiger partial charge in [0.05, 0.1) is 0 Å². The van der Waals surface area contributed by atoms with Crippen molar-refractivity contribution in [2.24, 2.45) is 0 Å². The summed E-state index contributed by atoms with van der Waals surface area (Å²) < 4.78 is 0. The molecule has 1 aromatic heterocycles. The Morgan fingerprint density at radius 3 is 2.62 bits per heavy atom. The molecule has 2 aliphatic rings. The molecule has 0 bridgehead atoms. The molecular weight excluding hydrogens is 454 g/mol. The first kappa shape index (κ1) is 24.2. The monoisotopic (exact) mass is 483 g/mol. The fraction of sp³-hybridized carbons (Fsp3) is 0.440. The van der Waals surface area contributed by atoms with Crippen LogP contribution in [0, 0.1) is 6.92 Å². The van der Waals surface area contributed by atoms with E-state index in [0.717, 1.165) is 43.1 Å². The van der Waals surface area contributed by atoms with Crippen LogP contribution in [0.15, 0.2) is 36.5 Å². The second-order valence-electron chi connectivity index (χ2n) is 8.94. The Morgan fingerprint density at radius 1 is 1.15 bits per heavy atom. The van der Waals surface area contributed by atoms with E-state index in [0.29, 0.717) is 24.2 Å². The predicted octanol–water partition coefficient (Wildman–Crippen LogP) is 3.00. The van der Waals surface area contributed by atoms with Gasteiger partial charge in [0.1, 0.15) is 11.9 Å². The molecule has 8 nitrogen and oxygen atoms in total. The lowest BCUT2D eigenvalue weighted by Gasteiger charge is -2.39. The minimum absolute atomic E-state index is 0.0268. The van der Waals surface area contributed by atoms with Gasteiger partial charge >= 0.3 is 0 Å². The Bertz CT molecular complexity index is 1080. The first-order valence-electron chi connectivity index (χ1n) is 11.6. The molecule has 0 spiro atoms. The number of likely N-dealkylation sites (tertiary alicyclic amines) is 2. The van der Waals surface area contributed by atoms with E-state index in [1.54, 1.807) is 18.0 Å². The molecule has 2 N–H and O–H groups in total. The summed E-state index contributed by atoms with van der Waals surface area (Å²) in [6, 6.07) is 8.75. The van der Waals surface area contributed by atoms with Gasteiger partial charge in [-0.25, -0.2) is 4.98 Å². The van der Waals surface area contributed by atoms with Crippen LogP contribution in [0.2, 0.25) is 5.02 Å². The molecule has 180 valence electrons. The minimum Gasteiger partial charge on any atom is -0.355 e. The summed E-state index contributed by atoms with van der Waals surface area (Å²) in [4.78, 5) is 46.0. The van der Waals surface area contributed by atoms with Gasteiger partial charge in [0.25, 0.3) is 5.91 Å². The van der Waals surface area contributed by atoms with Crippen molar-refractivity contribution >= 4 is 35.1 Å². The van der Waals surface area contributed by atoms with E-state index in [4.69, 9.17) is 11.6 Å². The Balaban J connectivity index is 1.37. The second kappa shape index (κ2) is 10.5. The van der Waals surface area contributed by atoms with Crippen LogP contribution >= 0.6 is 11.6 Å². The van der Waals surface area contributed by atoms with Gasteiger partial charge in [0.2, 0.25) is 11.8 Å². The Hall–Kier alpha value is -2.97. The number of nitrogens with zero attached hydrogens (tertiary/aromatic N) is 3. The van der Waals surface area contributed by atoms with E-state index in [9.17, 15) is 14.4 Å². The summed E-state index contributed by atoms with van der Waals surface area (Å²) >= 11 is 6.14. The molecule has 2 fully saturated rings. The Morgan fingerprint density at radius 2 is 1.91 bits per heavy atom. The lowest BCUT2D eigenvalue weighted by atomic mass is 10.0. The van der Waals surface area contributed by atoms with Gasteiger partial charge in [0, 0.05) is 55.9 Å². The van der Waals surface area contributed by atoms with Gasteiger partial charge in [-0.05, 0) is 55.5 Å². The van der Waals surface area contributed by atoms with E-state index in [2.05, 4.69) is 32.7 Å². The molecule has 3 heterocycles. The van der Waals surface area contributed by atoms with Crippen LogP contribution in [0.4, 0.5) is 5.82 Å². The lowest BCUT2D eigenvalue weighted by molar-refractivity contribution is -0.136. The molecule has 0 radical (unpaired) electrons. The van der Waals surface area contributed by atoms with Crippen molar-refractivity contribution in [2.45, 2.75) is 51.2 Å². The Kier molecular flexibility index (Phi) is 7.48. The summed E-state index contributed by atoms with van der Waals surface area (Å²) in [6.07, 6.45) is 3.99. The molecular formula is C25H30ClN5O3. The molecule has 34 heavy (non-hydrogen) atoms. The van der Waals surface area contributed by atoms with Crippen molar-refractivity contribution in [1.82, 2.24) is 20.1 Å². The molecule has 1 atom stereocenters. The number of pyridine rings is 1. The highest BCUT2D eigenvalue weighted by molar-refractivity contribution is 6.31. The molecule has 9 heteroatoms. The van der Waals surface area contributed by atoms with Crippen LogP contribution in [0.5, 0.6) is 0 Å². The van der Waals surface area contributed by atoms with Gasteiger partial charge in [-0.3, -0.25) is 19.3 Å². The number of rotatable bonds is 6. The Labute approximate surface area is 204 Å². The molecule has 1 aromatic carbocycles. The number of hydrogen-bond donors (Lipinski definition) is 2. The number of amides is 3. The molecule has 2 saturated heterocycles. The first-order valence-corrected chi connectivity index (χ1v) is 12.0. The van der Waals surface area contributed by atoms with Crippen LogP contribution in [0.3, 0.4) is 0 Å². The largest absolute Gasteiger partial charge is 0.355 e. The number of nitrogens with one attached hydrogen (secondary N) is 2. The normalized spacial score (nSPS) is 19.3. The highest BCUT2D eigenvalue weighted by atomic mass is 35.5. The highest BCUT2D eigenvalue weighted by Gasteiger charge is 2.41. The third-order valence-corrected chi connectivity index (χ3v) is 7.06. The van der Waals surface area contributed by atoms with E-state index >= 15 is 0 Å². The molecule has 0 aliphatic carbocycles. The SMILES string of the molecule is CNC(=O)c1ccnc(NC(=O)C2CCC(=O)N2C2CCN(Cc3ccc(Cl)c(C)c3)CC2)c1. The fourth-order valence-electron chi connectivity index (χ4n) is 4.83. The zero-order valence-corrected chi connectivity index (χ0v) is 20.3. The van der Waals surface area contributed by atoms with Gasteiger partial charge < -0.3 is 15.5 Å². The number of hydrogen-bond acceptors (Lipinski definition) is 5. The average molecular weight is 484 g/mol. The maximum absolute atomic E-state index is 13.1. The van der Waals surface area contributed by atoms with E-state index in [1.807, 2.05) is 13.0 Å².